The lowest BCUT2D eigenvalue weighted by Crippen LogP contribution is -2.46. The van der Waals surface area contributed by atoms with Crippen molar-refractivity contribution in [2.24, 2.45) is 0 Å². The number of rotatable bonds is 2. The Bertz CT molecular complexity index is 821. The molecule has 1 aromatic carbocycles. The van der Waals surface area contributed by atoms with Crippen molar-refractivity contribution in [3.63, 3.8) is 0 Å². The number of anilines is 1. The van der Waals surface area contributed by atoms with Crippen molar-refractivity contribution >= 4 is 11.6 Å². The first kappa shape index (κ1) is 18.0. The molecule has 1 saturated heterocycles. The first-order chi connectivity index (χ1) is 13.1. The highest BCUT2D eigenvalue weighted by Crippen LogP contribution is 2.33. The molecule has 1 aromatic heterocycles. The van der Waals surface area contributed by atoms with Gasteiger partial charge in [0.15, 0.2) is 0 Å². The quantitative estimate of drug-likeness (QED) is 0.859. The van der Waals surface area contributed by atoms with Crippen LogP contribution in [0.1, 0.15) is 42.4 Å². The number of carbonyl (C=O) groups is 1. The molecule has 5 nitrogen and oxygen atoms in total. The molecule has 1 fully saturated rings. The first-order valence-corrected chi connectivity index (χ1v) is 9.88. The van der Waals surface area contributed by atoms with Crippen molar-refractivity contribution in [2.45, 2.75) is 51.2 Å². The van der Waals surface area contributed by atoms with E-state index in [0.29, 0.717) is 13.0 Å². The molecule has 27 heavy (non-hydrogen) atoms. The minimum Gasteiger partial charge on any atom is -0.379 e. The number of nitrogens with one attached hydrogen (secondary N) is 2. The summed E-state index contributed by atoms with van der Waals surface area (Å²) in [6, 6.07) is 10.5. The molecule has 1 spiro atoms. The summed E-state index contributed by atoms with van der Waals surface area (Å²) < 4.78 is 0. The van der Waals surface area contributed by atoms with Crippen LogP contribution in [0.5, 0.6) is 0 Å². The number of carbonyl (C=O) groups excluding carboxylic acids is 1. The molecule has 2 aliphatic rings. The van der Waals surface area contributed by atoms with Crippen molar-refractivity contribution in [2.75, 3.05) is 18.4 Å². The maximum absolute atomic E-state index is 12.5. The molecule has 0 saturated carbocycles. The van der Waals surface area contributed by atoms with E-state index in [2.05, 4.69) is 51.7 Å². The van der Waals surface area contributed by atoms with Crippen molar-refractivity contribution in [3.8, 4) is 0 Å². The van der Waals surface area contributed by atoms with Gasteiger partial charge in [0, 0.05) is 49.7 Å². The number of aryl methyl sites for hydroxylation is 1. The second-order valence-corrected chi connectivity index (χ2v) is 7.95. The molecule has 0 radical (unpaired) electrons. The molecule has 1 atom stereocenters. The van der Waals surface area contributed by atoms with Gasteiger partial charge in [0.2, 0.25) is 5.91 Å². The van der Waals surface area contributed by atoms with Crippen molar-refractivity contribution in [1.82, 2.24) is 15.2 Å². The Morgan fingerprint density at radius 2 is 2.07 bits per heavy atom. The van der Waals surface area contributed by atoms with Gasteiger partial charge in [-0.3, -0.25) is 14.7 Å². The average molecular weight is 364 g/mol. The van der Waals surface area contributed by atoms with Crippen LogP contribution in [0.3, 0.4) is 0 Å². The summed E-state index contributed by atoms with van der Waals surface area (Å²) in [6.07, 6.45) is 7.43. The normalized spacial score (nSPS) is 23.5. The van der Waals surface area contributed by atoms with Crippen LogP contribution in [-0.2, 0) is 17.9 Å². The molecule has 2 aliphatic heterocycles. The fraction of sp³-hybridized carbons (Fsp3) is 0.455. The monoisotopic (exact) mass is 364 g/mol. The van der Waals surface area contributed by atoms with Gasteiger partial charge in [-0.15, -0.1) is 0 Å². The molecule has 4 rings (SSSR count). The van der Waals surface area contributed by atoms with E-state index in [1.54, 1.807) is 0 Å². The van der Waals surface area contributed by atoms with Gasteiger partial charge in [0.1, 0.15) is 0 Å². The molecule has 1 amide bonds. The largest absolute Gasteiger partial charge is 0.379 e. The van der Waals surface area contributed by atoms with E-state index < -0.39 is 0 Å². The zero-order chi connectivity index (χ0) is 18.7. The summed E-state index contributed by atoms with van der Waals surface area (Å²) in [5.74, 6) is 0.149. The Morgan fingerprint density at radius 3 is 2.96 bits per heavy atom. The van der Waals surface area contributed by atoms with Gasteiger partial charge in [-0.05, 0) is 61.6 Å². The van der Waals surface area contributed by atoms with Gasteiger partial charge in [0.05, 0.1) is 0 Å². The Morgan fingerprint density at radius 1 is 1.19 bits per heavy atom. The van der Waals surface area contributed by atoms with Gasteiger partial charge in [0.25, 0.3) is 0 Å². The summed E-state index contributed by atoms with van der Waals surface area (Å²) in [6.45, 7) is 5.73. The summed E-state index contributed by atoms with van der Waals surface area (Å²) in [7, 11) is 0. The molecule has 5 heteroatoms. The molecule has 142 valence electrons. The predicted octanol–water partition coefficient (Wildman–Crippen LogP) is 3.25. The van der Waals surface area contributed by atoms with Crippen LogP contribution in [0.4, 0.5) is 5.69 Å². The molecular weight excluding hydrogens is 336 g/mol. The number of nitrogens with zero attached hydrogens (tertiary/aromatic N) is 2. The maximum Gasteiger partial charge on any atom is 0.222 e. The van der Waals surface area contributed by atoms with Gasteiger partial charge in [-0.1, -0.05) is 18.2 Å². The van der Waals surface area contributed by atoms with Crippen LogP contribution in [0.2, 0.25) is 0 Å². The molecule has 3 heterocycles. The van der Waals surface area contributed by atoms with Crippen molar-refractivity contribution in [1.29, 1.82) is 0 Å². The SMILES string of the molecule is Cc1cnccc1CN1CCCC2(CC1)CC(=O)NCc1ccccc1N2. The highest BCUT2D eigenvalue weighted by molar-refractivity contribution is 5.79. The van der Waals surface area contributed by atoms with E-state index >= 15 is 0 Å². The van der Waals surface area contributed by atoms with Crippen LogP contribution >= 0.6 is 0 Å². The smallest absolute Gasteiger partial charge is 0.222 e. The van der Waals surface area contributed by atoms with E-state index in [9.17, 15) is 4.79 Å². The van der Waals surface area contributed by atoms with E-state index in [0.717, 1.165) is 44.6 Å². The summed E-state index contributed by atoms with van der Waals surface area (Å²) in [5, 5.41) is 6.88. The highest BCUT2D eigenvalue weighted by Gasteiger charge is 2.36. The third-order valence-electron chi connectivity index (χ3n) is 5.96. The molecule has 2 aromatic rings. The predicted molar refractivity (Wildman–Crippen MR) is 107 cm³/mol. The number of fused-ring (bicyclic) bond motifs is 1. The minimum atomic E-state index is -0.164. The highest BCUT2D eigenvalue weighted by atomic mass is 16.1. The lowest BCUT2D eigenvalue weighted by molar-refractivity contribution is -0.122. The number of benzene rings is 1. The molecular formula is C22H28N4O. The van der Waals surface area contributed by atoms with Crippen LogP contribution in [0.25, 0.3) is 0 Å². The number of aromatic nitrogens is 1. The Kier molecular flexibility index (Phi) is 5.12. The summed E-state index contributed by atoms with van der Waals surface area (Å²) >= 11 is 0. The lowest BCUT2D eigenvalue weighted by atomic mass is 9.85. The van der Waals surface area contributed by atoms with E-state index in [1.807, 2.05) is 18.5 Å². The Hall–Kier alpha value is -2.40. The third-order valence-corrected chi connectivity index (χ3v) is 5.96. The van der Waals surface area contributed by atoms with Crippen LogP contribution in [0.15, 0.2) is 42.7 Å². The van der Waals surface area contributed by atoms with Crippen LogP contribution in [-0.4, -0.2) is 34.4 Å². The first-order valence-electron chi connectivity index (χ1n) is 9.88. The number of para-hydroxylation sites is 1. The van der Waals surface area contributed by atoms with Gasteiger partial charge in [-0.25, -0.2) is 0 Å². The Labute approximate surface area is 161 Å². The number of likely N-dealkylation sites (tertiary alicyclic amines) is 1. The molecule has 0 aliphatic carbocycles. The topological polar surface area (TPSA) is 57.3 Å². The van der Waals surface area contributed by atoms with Crippen LogP contribution < -0.4 is 10.6 Å². The summed E-state index contributed by atoms with van der Waals surface area (Å²) in [5.41, 5.74) is 4.75. The lowest BCUT2D eigenvalue weighted by Gasteiger charge is -2.37. The number of hydrogen-bond acceptors (Lipinski definition) is 4. The summed E-state index contributed by atoms with van der Waals surface area (Å²) in [4.78, 5) is 19.2. The fourth-order valence-corrected chi connectivity index (χ4v) is 4.32. The maximum atomic E-state index is 12.5. The standard InChI is InChI=1S/C22H28N4O/c1-17-14-23-10-7-19(17)16-26-11-4-8-22(9-12-26)13-21(27)24-15-18-5-2-3-6-20(18)25-22/h2-3,5-7,10,14,25H,4,8-9,11-13,15-16H2,1H3,(H,24,27). The minimum absolute atomic E-state index is 0.149. The van der Waals surface area contributed by atoms with Crippen molar-refractivity contribution in [3.05, 3.63) is 59.4 Å². The zero-order valence-corrected chi connectivity index (χ0v) is 16.0. The number of amides is 1. The van der Waals surface area contributed by atoms with E-state index in [-0.39, 0.29) is 11.4 Å². The average Bonchev–Trinajstić information content (AvgIpc) is 2.84. The van der Waals surface area contributed by atoms with E-state index in [1.165, 1.54) is 16.7 Å². The van der Waals surface area contributed by atoms with E-state index in [4.69, 9.17) is 0 Å². The third kappa shape index (κ3) is 4.14. The molecule has 2 N–H and O–H groups in total. The fourth-order valence-electron chi connectivity index (χ4n) is 4.32. The number of pyridine rings is 1. The van der Waals surface area contributed by atoms with Crippen molar-refractivity contribution < 1.29 is 4.79 Å². The van der Waals surface area contributed by atoms with Crippen LogP contribution in [0, 0.1) is 6.92 Å². The zero-order valence-electron chi connectivity index (χ0n) is 16.0. The molecule has 1 unspecified atom stereocenters. The molecule has 0 bridgehead atoms. The number of hydrogen-bond donors (Lipinski definition) is 2. The Balaban J connectivity index is 1.52. The second-order valence-electron chi connectivity index (χ2n) is 7.95. The van der Waals surface area contributed by atoms with Gasteiger partial charge < -0.3 is 10.6 Å². The van der Waals surface area contributed by atoms with Gasteiger partial charge in [-0.2, -0.15) is 0 Å². The second kappa shape index (κ2) is 7.69. The van der Waals surface area contributed by atoms with Gasteiger partial charge >= 0.3 is 0 Å².